The molecule has 2 aromatic heterocycles. The molecule has 112 valence electrons. The van der Waals surface area contributed by atoms with Crippen LogP contribution < -0.4 is 5.56 Å². The van der Waals surface area contributed by atoms with Crippen molar-refractivity contribution in [1.29, 1.82) is 0 Å². The molecular weight excluding hydrogens is 376 g/mol. The van der Waals surface area contributed by atoms with E-state index in [9.17, 15) is 4.79 Å². The summed E-state index contributed by atoms with van der Waals surface area (Å²) in [6, 6.07) is 17.0. The van der Waals surface area contributed by atoms with E-state index in [1.807, 2.05) is 54.6 Å². The van der Waals surface area contributed by atoms with Gasteiger partial charge in [0.05, 0.1) is 0 Å². The Morgan fingerprint density at radius 2 is 1.70 bits per heavy atom. The fourth-order valence-corrected chi connectivity index (χ4v) is 3.71. The van der Waals surface area contributed by atoms with E-state index in [4.69, 9.17) is 0 Å². The molecule has 2 aromatic carbocycles. The minimum absolute atomic E-state index is 0.268. The Kier molecular flexibility index (Phi) is 3.51. The van der Waals surface area contributed by atoms with Crippen molar-refractivity contribution in [3.8, 4) is 21.8 Å². The monoisotopic (exact) mass is 384 g/mol. The van der Waals surface area contributed by atoms with Crippen molar-refractivity contribution >= 4 is 32.2 Å². The van der Waals surface area contributed by atoms with Crippen LogP contribution in [0.4, 0.5) is 0 Å². The quantitative estimate of drug-likeness (QED) is 0.529. The molecule has 0 saturated heterocycles. The zero-order valence-electron chi connectivity index (χ0n) is 11.7. The Morgan fingerprint density at radius 3 is 2.48 bits per heavy atom. The molecule has 0 radical (unpaired) electrons. The lowest BCUT2D eigenvalue weighted by atomic mass is 10.2. The highest BCUT2D eigenvalue weighted by Gasteiger charge is 2.15. The van der Waals surface area contributed by atoms with E-state index in [0.717, 1.165) is 15.6 Å². The third-order valence-corrected chi connectivity index (χ3v) is 4.97. The molecule has 2 heterocycles. The van der Waals surface area contributed by atoms with E-state index >= 15 is 0 Å². The van der Waals surface area contributed by atoms with Gasteiger partial charge in [0.1, 0.15) is 5.01 Å². The summed E-state index contributed by atoms with van der Waals surface area (Å²) in [5.41, 5.74) is 1.68. The number of aromatic nitrogens is 4. The number of hydrogen-bond donors (Lipinski definition) is 0. The predicted molar refractivity (Wildman–Crippen MR) is 93.5 cm³/mol. The lowest BCUT2D eigenvalue weighted by Crippen LogP contribution is -2.19. The van der Waals surface area contributed by atoms with Gasteiger partial charge in [-0.1, -0.05) is 75.8 Å². The summed E-state index contributed by atoms with van der Waals surface area (Å²) < 4.78 is 2.23. The van der Waals surface area contributed by atoms with Gasteiger partial charge in [-0.3, -0.25) is 4.79 Å². The van der Waals surface area contributed by atoms with E-state index < -0.39 is 0 Å². The maximum Gasteiger partial charge on any atom is 0.302 e. The fraction of sp³-hybridized carbons (Fsp3) is 0. The highest BCUT2D eigenvalue weighted by molar-refractivity contribution is 9.10. The molecule has 0 bridgehead atoms. The summed E-state index contributed by atoms with van der Waals surface area (Å²) in [5.74, 6) is 0. The number of nitrogens with zero attached hydrogens (tertiary/aromatic N) is 4. The summed E-state index contributed by atoms with van der Waals surface area (Å²) in [5, 5.41) is 13.4. The molecule has 7 heteroatoms. The van der Waals surface area contributed by atoms with Gasteiger partial charge in [-0.05, 0) is 6.07 Å². The molecule has 0 aliphatic carbocycles. The number of hydrogen-bond acceptors (Lipinski definition) is 5. The van der Waals surface area contributed by atoms with Gasteiger partial charge in [0.2, 0.25) is 4.96 Å². The molecule has 0 N–H and O–H groups in total. The maximum atomic E-state index is 12.7. The summed E-state index contributed by atoms with van der Waals surface area (Å²) in [6.07, 6.45) is 0. The molecule has 4 aromatic rings. The Balaban J connectivity index is 1.93. The highest BCUT2D eigenvalue weighted by Crippen LogP contribution is 2.30. The van der Waals surface area contributed by atoms with Gasteiger partial charge in [-0.25, -0.2) is 0 Å². The zero-order valence-corrected chi connectivity index (χ0v) is 14.1. The van der Waals surface area contributed by atoms with Gasteiger partial charge in [0.25, 0.3) is 0 Å². The van der Waals surface area contributed by atoms with Crippen LogP contribution >= 0.6 is 27.3 Å². The second-order valence-corrected chi connectivity index (χ2v) is 6.61. The minimum atomic E-state index is -0.268. The van der Waals surface area contributed by atoms with Crippen molar-refractivity contribution in [2.24, 2.45) is 0 Å². The van der Waals surface area contributed by atoms with Crippen LogP contribution in [0.1, 0.15) is 0 Å². The smallest absolute Gasteiger partial charge is 0.265 e. The topological polar surface area (TPSA) is 60.2 Å². The van der Waals surface area contributed by atoms with Gasteiger partial charge in [0.15, 0.2) is 5.69 Å². The van der Waals surface area contributed by atoms with Crippen LogP contribution in [0.2, 0.25) is 0 Å². The molecule has 5 nitrogen and oxygen atoms in total. The summed E-state index contributed by atoms with van der Waals surface area (Å²) in [6.45, 7) is 0. The SMILES string of the molecule is O=c1c(-c2ccccc2)nnc2sc(-c3ccccc3Br)nn12. The number of halogens is 1. The molecule has 23 heavy (non-hydrogen) atoms. The van der Waals surface area contributed by atoms with Crippen LogP contribution in [0, 0.1) is 0 Å². The van der Waals surface area contributed by atoms with Crippen LogP contribution in [0.3, 0.4) is 0 Å². The first-order chi connectivity index (χ1) is 11.2. The minimum Gasteiger partial charge on any atom is -0.265 e. The maximum absolute atomic E-state index is 12.7. The van der Waals surface area contributed by atoms with Crippen molar-refractivity contribution in [3.05, 3.63) is 69.4 Å². The van der Waals surface area contributed by atoms with Gasteiger partial charge in [0, 0.05) is 15.6 Å². The third kappa shape index (κ3) is 2.47. The van der Waals surface area contributed by atoms with Gasteiger partial charge < -0.3 is 0 Å². The average molecular weight is 385 g/mol. The summed E-state index contributed by atoms with van der Waals surface area (Å²) in [4.78, 5) is 13.1. The summed E-state index contributed by atoms with van der Waals surface area (Å²) in [7, 11) is 0. The molecule has 0 saturated carbocycles. The van der Waals surface area contributed by atoms with Crippen LogP contribution in [0.25, 0.3) is 26.8 Å². The Hall–Kier alpha value is -2.38. The lowest BCUT2D eigenvalue weighted by Gasteiger charge is -1.98. The van der Waals surface area contributed by atoms with E-state index in [-0.39, 0.29) is 5.56 Å². The lowest BCUT2D eigenvalue weighted by molar-refractivity contribution is 0.862. The third-order valence-electron chi connectivity index (χ3n) is 3.34. The predicted octanol–water partition coefficient (Wildman–Crippen LogP) is 3.64. The van der Waals surface area contributed by atoms with Crippen LogP contribution in [0.15, 0.2) is 63.9 Å². The molecule has 0 aliphatic heterocycles. The van der Waals surface area contributed by atoms with Crippen LogP contribution in [-0.4, -0.2) is 19.8 Å². The van der Waals surface area contributed by atoms with E-state index in [0.29, 0.717) is 15.7 Å². The number of benzene rings is 2. The van der Waals surface area contributed by atoms with Crippen molar-refractivity contribution < 1.29 is 0 Å². The van der Waals surface area contributed by atoms with Crippen molar-refractivity contribution in [2.45, 2.75) is 0 Å². The normalized spacial score (nSPS) is 11.0. The van der Waals surface area contributed by atoms with Gasteiger partial charge in [-0.2, -0.15) is 9.61 Å². The van der Waals surface area contributed by atoms with E-state index in [1.54, 1.807) is 0 Å². The average Bonchev–Trinajstić information content (AvgIpc) is 3.01. The van der Waals surface area contributed by atoms with Gasteiger partial charge in [-0.15, -0.1) is 10.2 Å². The molecule has 4 rings (SSSR count). The van der Waals surface area contributed by atoms with E-state index in [1.165, 1.54) is 15.9 Å². The Bertz CT molecular complexity index is 1060. The molecule has 0 fully saturated rings. The molecule has 0 atom stereocenters. The Labute approximate surface area is 143 Å². The molecule has 0 spiro atoms. The summed E-state index contributed by atoms with van der Waals surface area (Å²) >= 11 is 4.83. The van der Waals surface area contributed by atoms with Crippen LogP contribution in [0.5, 0.6) is 0 Å². The number of fused-ring (bicyclic) bond motifs is 1. The first kappa shape index (κ1) is 14.2. The van der Waals surface area contributed by atoms with Crippen LogP contribution in [-0.2, 0) is 0 Å². The molecule has 0 unspecified atom stereocenters. The molecular formula is C16H9BrN4OS. The van der Waals surface area contributed by atoms with Crippen molar-refractivity contribution in [3.63, 3.8) is 0 Å². The van der Waals surface area contributed by atoms with E-state index in [2.05, 4.69) is 31.2 Å². The Morgan fingerprint density at radius 1 is 0.957 bits per heavy atom. The second-order valence-electron chi connectivity index (χ2n) is 4.80. The number of rotatable bonds is 2. The fourth-order valence-electron chi connectivity index (χ4n) is 2.24. The van der Waals surface area contributed by atoms with Gasteiger partial charge >= 0.3 is 5.56 Å². The first-order valence-electron chi connectivity index (χ1n) is 6.81. The zero-order chi connectivity index (χ0) is 15.8. The first-order valence-corrected chi connectivity index (χ1v) is 8.42. The van der Waals surface area contributed by atoms with Crippen molar-refractivity contribution in [1.82, 2.24) is 19.8 Å². The van der Waals surface area contributed by atoms with Crippen molar-refractivity contribution in [2.75, 3.05) is 0 Å². The largest absolute Gasteiger partial charge is 0.302 e. The molecule has 0 aliphatic rings. The standard InChI is InChI=1S/C16H9BrN4OS/c17-12-9-5-4-8-11(12)14-20-21-15(22)13(18-19-16(21)23-14)10-6-2-1-3-7-10/h1-9H. The second kappa shape index (κ2) is 5.68. The molecule has 0 amide bonds. The highest BCUT2D eigenvalue weighted by atomic mass is 79.9.